The SMILES string of the molecule is O=S([O-])OC[C@H]1O[C@@H](O[C@@H]([C@H](OS(=O)(=O)O)[C@H](COS(=O)(=O)O)OS(=O)[O-])[C@@H](COS(=O)(=O)O)OS(=O)(=O)O)[C@H](OS(=O)(=O)O)[C@@H](OS(=O)[O-])[C@H]1OS(=O)[O-]. The minimum absolute atomic E-state index is 1.60. The summed E-state index contributed by atoms with van der Waals surface area (Å²) in [5.74, 6) is 0. The van der Waals surface area contributed by atoms with Gasteiger partial charge < -0.3 is 27.7 Å². The van der Waals surface area contributed by atoms with E-state index in [9.17, 15) is 90.8 Å². The summed E-state index contributed by atoms with van der Waals surface area (Å²) < 4.78 is 301. The first-order chi connectivity index (χ1) is 24.7. The molecule has 34 nitrogen and oxygen atoms in total. The van der Waals surface area contributed by atoms with Gasteiger partial charge in [-0.2, -0.15) is 42.1 Å². The highest BCUT2D eigenvalue weighted by molar-refractivity contribution is 7.82. The molecule has 0 amide bonds. The summed E-state index contributed by atoms with van der Waals surface area (Å²) in [6.45, 7) is -5.90. The van der Waals surface area contributed by atoms with E-state index in [1.54, 1.807) is 0 Å². The third-order valence-corrected chi connectivity index (χ3v) is 9.10. The molecule has 0 aromatic rings. The van der Waals surface area contributed by atoms with E-state index in [2.05, 4.69) is 37.6 Å². The molecule has 1 heterocycles. The molecule has 0 radical (unpaired) electrons. The van der Waals surface area contributed by atoms with Crippen molar-refractivity contribution in [3.05, 3.63) is 0 Å². The molecular weight excluding hydrogens is 977 g/mol. The highest BCUT2D eigenvalue weighted by atomic mass is 32.3. The lowest BCUT2D eigenvalue weighted by molar-refractivity contribution is -0.312. The first-order valence-electron chi connectivity index (χ1n) is 12.2. The van der Waals surface area contributed by atoms with Gasteiger partial charge in [-0.15, -0.1) is 0 Å². The van der Waals surface area contributed by atoms with Crippen LogP contribution in [0.1, 0.15) is 0 Å². The van der Waals surface area contributed by atoms with Gasteiger partial charge >= 0.3 is 52.0 Å². The molecule has 1 fully saturated rings. The summed E-state index contributed by atoms with van der Waals surface area (Å²) in [5, 5.41) is 0. The molecule has 330 valence electrons. The average molecular weight is 997 g/mol. The Balaban J connectivity index is 4.37. The standard InChI is InChI=1S/C12H24O34S9/c13-47(14)36-1-4-8(42-49(17)18)10(43-50(19)20)11(46-55(33,34)35)12(39-4)40-7(6(44-53(27,28)29)3-38-52(24,25)26)9(45-54(30,31)32)5(41-48(15)16)2-37-51(21,22)23/h4-12H,1-3H2,(H,13,14)(H,15,16)(H,17,18)(H,19,20)(H,21,22,23)(H,24,25,26)(H,27,28,29)(H,30,31,32)(H,33,34,35)/p-4/t4-,5+,6-,7-,8+,9-,10+,11-,12+/m1/s1. The molecule has 5 N–H and O–H groups in total. The van der Waals surface area contributed by atoms with Gasteiger partial charge in [0.05, 0.1) is 65.3 Å². The van der Waals surface area contributed by atoms with Crippen molar-refractivity contribution >= 4 is 97.4 Å². The maximum absolute atomic E-state index is 11.9. The molecule has 1 rings (SSSR count). The topological polar surface area (TPSA) is 534 Å². The van der Waals surface area contributed by atoms with Crippen molar-refractivity contribution in [2.24, 2.45) is 0 Å². The van der Waals surface area contributed by atoms with Crippen LogP contribution in [0.2, 0.25) is 0 Å². The summed E-state index contributed by atoms with van der Waals surface area (Å²) in [5.41, 5.74) is 0. The Morgan fingerprint density at radius 1 is 0.564 bits per heavy atom. The molecule has 0 aliphatic carbocycles. The molecule has 0 aromatic heterocycles. The second-order valence-electron chi connectivity index (χ2n) is 8.97. The predicted octanol–water partition coefficient (Wildman–Crippen LogP) is -7.35. The highest BCUT2D eigenvalue weighted by Crippen LogP contribution is 2.34. The van der Waals surface area contributed by atoms with E-state index in [4.69, 9.17) is 18.6 Å². The Kier molecular flexibility index (Phi) is 20.7. The molecule has 1 aliphatic rings. The minimum atomic E-state index is -6.28. The molecule has 4 unspecified atom stereocenters. The van der Waals surface area contributed by atoms with Crippen molar-refractivity contribution < 1.29 is 147 Å². The number of rotatable bonds is 26. The minimum Gasteiger partial charge on any atom is -0.750 e. The van der Waals surface area contributed by atoms with Gasteiger partial charge in [0.15, 0.2) is 12.4 Å². The van der Waals surface area contributed by atoms with E-state index >= 15 is 0 Å². The fraction of sp³-hybridized carbons (Fsp3) is 1.00. The lowest BCUT2D eigenvalue weighted by Crippen LogP contribution is -2.64. The molecule has 0 bridgehead atoms. The average Bonchev–Trinajstić information content (AvgIpc) is 2.93. The van der Waals surface area contributed by atoms with Gasteiger partial charge in [0.1, 0.15) is 42.7 Å². The van der Waals surface area contributed by atoms with Crippen LogP contribution in [0.4, 0.5) is 0 Å². The van der Waals surface area contributed by atoms with Crippen LogP contribution in [0.3, 0.4) is 0 Å². The van der Waals surface area contributed by atoms with Gasteiger partial charge in [0, 0.05) is 0 Å². The van der Waals surface area contributed by atoms with Gasteiger partial charge in [-0.3, -0.25) is 39.5 Å². The van der Waals surface area contributed by atoms with Crippen LogP contribution in [0.15, 0.2) is 0 Å². The van der Waals surface area contributed by atoms with E-state index in [0.29, 0.717) is 0 Å². The molecule has 13 atom stereocenters. The van der Waals surface area contributed by atoms with Crippen LogP contribution in [-0.4, -0.2) is 175 Å². The highest BCUT2D eigenvalue weighted by Gasteiger charge is 2.55. The third-order valence-electron chi connectivity index (χ3n) is 5.32. The fourth-order valence-corrected chi connectivity index (χ4v) is 7.33. The quantitative estimate of drug-likeness (QED) is 0.0397. The summed E-state index contributed by atoms with van der Waals surface area (Å²) in [7, 11) is -30.2. The molecule has 0 spiro atoms. The van der Waals surface area contributed by atoms with E-state index in [0.717, 1.165) is 0 Å². The van der Waals surface area contributed by atoms with Crippen LogP contribution in [0.5, 0.6) is 0 Å². The van der Waals surface area contributed by atoms with E-state index < -0.39 is 172 Å². The van der Waals surface area contributed by atoms with Gasteiger partial charge in [-0.1, -0.05) is 0 Å². The lowest BCUT2D eigenvalue weighted by atomic mass is 9.98. The molecule has 1 saturated heterocycles. The Bertz CT molecular complexity index is 1920. The second kappa shape index (κ2) is 21.7. The van der Waals surface area contributed by atoms with Crippen molar-refractivity contribution in [3.63, 3.8) is 0 Å². The Morgan fingerprint density at radius 3 is 1.44 bits per heavy atom. The lowest BCUT2D eigenvalue weighted by Gasteiger charge is -2.46. The van der Waals surface area contributed by atoms with Crippen molar-refractivity contribution in [1.29, 1.82) is 0 Å². The molecular formula is C12H20O34S9-4. The van der Waals surface area contributed by atoms with Crippen LogP contribution >= 0.6 is 0 Å². The summed E-state index contributed by atoms with van der Waals surface area (Å²) in [4.78, 5) is 0. The van der Waals surface area contributed by atoms with Crippen molar-refractivity contribution in [2.45, 2.75) is 55.1 Å². The molecule has 55 heavy (non-hydrogen) atoms. The fourth-order valence-electron chi connectivity index (χ4n) is 3.81. The third kappa shape index (κ3) is 22.5. The Hall–Kier alpha value is -0.450. The van der Waals surface area contributed by atoms with E-state index in [1.807, 2.05) is 0 Å². The van der Waals surface area contributed by atoms with Gasteiger partial charge in [0.25, 0.3) is 0 Å². The van der Waals surface area contributed by atoms with Crippen LogP contribution in [-0.2, 0) is 145 Å². The maximum Gasteiger partial charge on any atom is 0.397 e. The van der Waals surface area contributed by atoms with E-state index in [-0.39, 0.29) is 0 Å². The molecule has 0 saturated carbocycles. The van der Waals surface area contributed by atoms with Gasteiger partial charge in [-0.25, -0.2) is 37.8 Å². The molecule has 43 heteroatoms. The second-order valence-corrected chi connectivity index (χ2v) is 16.7. The zero-order chi connectivity index (χ0) is 42.9. The van der Waals surface area contributed by atoms with Crippen LogP contribution < -0.4 is 0 Å². The number of hydrogen-bond donors (Lipinski definition) is 5. The molecule has 1 aliphatic heterocycles. The summed E-state index contributed by atoms with van der Waals surface area (Å²) in [6.07, 6.45) is -28.4. The first kappa shape index (κ1) is 52.6. The largest absolute Gasteiger partial charge is 0.750 e. The Morgan fingerprint density at radius 2 is 1.04 bits per heavy atom. The summed E-state index contributed by atoms with van der Waals surface area (Å²) >= 11 is -15.6. The van der Waals surface area contributed by atoms with Crippen LogP contribution in [0.25, 0.3) is 0 Å². The van der Waals surface area contributed by atoms with Crippen molar-refractivity contribution in [2.75, 3.05) is 19.8 Å². The van der Waals surface area contributed by atoms with Crippen molar-refractivity contribution in [3.8, 4) is 0 Å². The number of hydrogen-bond acceptors (Lipinski definition) is 29. The zero-order valence-corrected chi connectivity index (χ0v) is 32.4. The van der Waals surface area contributed by atoms with Gasteiger partial charge in [-0.05, 0) is 0 Å². The number of ether oxygens (including phenoxy) is 2. The Labute approximate surface area is 318 Å². The zero-order valence-electron chi connectivity index (χ0n) is 25.1. The smallest absolute Gasteiger partial charge is 0.397 e. The van der Waals surface area contributed by atoms with Gasteiger partial charge in [0.2, 0.25) is 0 Å². The first-order valence-corrected chi connectivity index (χ1v) is 23.0. The molecule has 0 aromatic carbocycles. The normalized spacial score (nSPS) is 26.3. The van der Waals surface area contributed by atoms with E-state index in [1.165, 1.54) is 0 Å². The monoisotopic (exact) mass is 996 g/mol. The maximum atomic E-state index is 11.9. The van der Waals surface area contributed by atoms with Crippen LogP contribution in [0, 0.1) is 0 Å². The van der Waals surface area contributed by atoms with Crippen molar-refractivity contribution in [1.82, 2.24) is 0 Å². The summed E-state index contributed by atoms with van der Waals surface area (Å²) in [6, 6.07) is 0. The predicted molar refractivity (Wildman–Crippen MR) is 154 cm³/mol.